The van der Waals surface area contributed by atoms with Gasteiger partial charge in [0.15, 0.2) is 6.61 Å². The lowest BCUT2D eigenvalue weighted by molar-refractivity contribution is -0.136. The molecular formula is C32H22Cl2N2O3. The highest BCUT2D eigenvalue weighted by Gasteiger charge is 2.14. The molecule has 1 heterocycles. The highest BCUT2D eigenvalue weighted by molar-refractivity contribution is 6.36. The molecule has 1 aromatic heterocycles. The topological polar surface area (TPSA) is 61.2 Å². The van der Waals surface area contributed by atoms with E-state index >= 15 is 0 Å². The highest BCUT2D eigenvalue weighted by Crippen LogP contribution is 2.28. The van der Waals surface area contributed by atoms with Crippen molar-refractivity contribution >= 4 is 41.0 Å². The van der Waals surface area contributed by atoms with E-state index in [2.05, 4.69) is 12.1 Å². The Morgan fingerprint density at radius 3 is 2.13 bits per heavy atom. The van der Waals surface area contributed by atoms with Crippen molar-refractivity contribution in [2.75, 3.05) is 6.61 Å². The molecule has 0 amide bonds. The summed E-state index contributed by atoms with van der Waals surface area (Å²) in [4.78, 5) is 24.9. The summed E-state index contributed by atoms with van der Waals surface area (Å²) in [7, 11) is 0. The van der Waals surface area contributed by atoms with Gasteiger partial charge in [0.1, 0.15) is 0 Å². The molecule has 7 heteroatoms. The van der Waals surface area contributed by atoms with Crippen molar-refractivity contribution in [2.45, 2.75) is 0 Å². The van der Waals surface area contributed by atoms with Crippen LogP contribution in [0.3, 0.4) is 0 Å². The molecule has 0 atom stereocenters. The van der Waals surface area contributed by atoms with E-state index in [1.54, 1.807) is 16.8 Å². The van der Waals surface area contributed by atoms with E-state index < -0.39 is 18.4 Å². The minimum Gasteiger partial charge on any atom is -0.454 e. The summed E-state index contributed by atoms with van der Waals surface area (Å²) in [5, 5.41) is 5.41. The highest BCUT2D eigenvalue weighted by atomic mass is 35.5. The number of ketones is 1. The van der Waals surface area contributed by atoms with Crippen molar-refractivity contribution < 1.29 is 14.3 Å². The first-order chi connectivity index (χ1) is 19.0. The van der Waals surface area contributed by atoms with E-state index in [1.165, 1.54) is 18.2 Å². The number of esters is 1. The summed E-state index contributed by atoms with van der Waals surface area (Å²) in [6, 6.07) is 32.4. The van der Waals surface area contributed by atoms with Gasteiger partial charge in [0, 0.05) is 34.0 Å². The van der Waals surface area contributed by atoms with Gasteiger partial charge in [0.2, 0.25) is 5.78 Å². The van der Waals surface area contributed by atoms with Crippen LogP contribution >= 0.6 is 23.2 Å². The monoisotopic (exact) mass is 552 g/mol. The van der Waals surface area contributed by atoms with Crippen LogP contribution in [0.15, 0.2) is 115 Å². The van der Waals surface area contributed by atoms with E-state index in [4.69, 9.17) is 33.0 Å². The van der Waals surface area contributed by atoms with Gasteiger partial charge in [-0.05, 0) is 47.5 Å². The van der Waals surface area contributed by atoms with Gasteiger partial charge in [-0.25, -0.2) is 9.48 Å². The average molecular weight is 553 g/mol. The zero-order chi connectivity index (χ0) is 27.2. The fraction of sp³-hybridized carbons (Fsp3) is 0.0312. The maximum absolute atomic E-state index is 12.5. The summed E-state index contributed by atoms with van der Waals surface area (Å²) in [5.41, 5.74) is 5.64. The summed E-state index contributed by atoms with van der Waals surface area (Å²) in [6.07, 6.45) is 4.76. The lowest BCUT2D eigenvalue weighted by Gasteiger charge is -2.05. The van der Waals surface area contributed by atoms with Crippen molar-refractivity contribution in [3.8, 4) is 28.1 Å². The standard InChI is InChI=1S/C32H22Cl2N2O3/c33-26-16-17-28(29(34)19-26)30(37)21-39-31(38)18-15-25-20-36(27-9-5-2-6-10-27)35-32(25)24-13-11-23(12-14-24)22-7-3-1-4-8-22/h1-20H,21H2/b18-15+. The first kappa shape index (κ1) is 26.2. The van der Waals surface area contributed by atoms with Gasteiger partial charge in [0.25, 0.3) is 0 Å². The Bertz CT molecular complexity index is 1640. The summed E-state index contributed by atoms with van der Waals surface area (Å²) in [5.74, 6) is -1.08. The van der Waals surface area contributed by atoms with Gasteiger partial charge in [0.05, 0.1) is 16.4 Å². The predicted octanol–water partition coefficient (Wildman–Crippen LogP) is 7.95. The van der Waals surface area contributed by atoms with E-state index in [9.17, 15) is 9.59 Å². The van der Waals surface area contributed by atoms with E-state index in [1.807, 2.05) is 79.0 Å². The molecule has 5 rings (SSSR count). The Hall–Kier alpha value is -4.45. The van der Waals surface area contributed by atoms with Gasteiger partial charge in [-0.1, -0.05) is 96.0 Å². The van der Waals surface area contributed by atoms with Gasteiger partial charge in [-0.15, -0.1) is 0 Å². The molecule has 0 N–H and O–H groups in total. The normalized spacial score (nSPS) is 11.0. The SMILES string of the molecule is O=C(/C=C/c1cn(-c2ccccc2)nc1-c1ccc(-c2ccccc2)cc1)OCC(=O)c1ccc(Cl)cc1Cl. The van der Waals surface area contributed by atoms with Crippen LogP contribution in [0.1, 0.15) is 15.9 Å². The molecule has 5 aromatic rings. The van der Waals surface area contributed by atoms with Crippen LogP contribution in [0.4, 0.5) is 0 Å². The molecule has 0 aliphatic rings. The molecule has 192 valence electrons. The molecule has 4 aromatic carbocycles. The van der Waals surface area contributed by atoms with Crippen molar-refractivity contribution in [1.82, 2.24) is 9.78 Å². The Kier molecular flexibility index (Phi) is 8.02. The minimum absolute atomic E-state index is 0.204. The zero-order valence-electron chi connectivity index (χ0n) is 20.6. The molecule has 39 heavy (non-hydrogen) atoms. The lowest BCUT2D eigenvalue weighted by atomic mass is 10.0. The fourth-order valence-corrected chi connectivity index (χ4v) is 4.55. The van der Waals surface area contributed by atoms with Gasteiger partial charge in [-0.2, -0.15) is 5.10 Å². The first-order valence-corrected chi connectivity index (χ1v) is 12.9. The van der Waals surface area contributed by atoms with Gasteiger partial charge >= 0.3 is 5.97 Å². The Morgan fingerprint density at radius 1 is 0.795 bits per heavy atom. The third kappa shape index (κ3) is 6.34. The molecule has 0 spiro atoms. The molecular weight excluding hydrogens is 531 g/mol. The molecule has 0 aliphatic carbocycles. The number of halogens is 2. The van der Waals surface area contributed by atoms with Crippen LogP contribution in [-0.2, 0) is 9.53 Å². The number of hydrogen-bond donors (Lipinski definition) is 0. The quantitative estimate of drug-likeness (QED) is 0.111. The number of aromatic nitrogens is 2. The number of ether oxygens (including phenoxy) is 1. The molecule has 0 saturated carbocycles. The smallest absolute Gasteiger partial charge is 0.331 e. The third-order valence-electron chi connectivity index (χ3n) is 6.00. The third-order valence-corrected chi connectivity index (χ3v) is 6.55. The van der Waals surface area contributed by atoms with Crippen LogP contribution in [0.2, 0.25) is 10.0 Å². The van der Waals surface area contributed by atoms with Crippen LogP contribution in [0.25, 0.3) is 34.1 Å². The van der Waals surface area contributed by atoms with Crippen molar-refractivity contribution in [2.24, 2.45) is 0 Å². The second kappa shape index (κ2) is 11.9. The molecule has 0 bridgehead atoms. The maximum Gasteiger partial charge on any atom is 0.331 e. The minimum atomic E-state index is -0.661. The summed E-state index contributed by atoms with van der Waals surface area (Å²) < 4.78 is 6.93. The van der Waals surface area contributed by atoms with Crippen LogP contribution in [0.5, 0.6) is 0 Å². The molecule has 0 fully saturated rings. The predicted molar refractivity (Wildman–Crippen MR) is 155 cm³/mol. The zero-order valence-corrected chi connectivity index (χ0v) is 22.1. The van der Waals surface area contributed by atoms with Crippen molar-refractivity contribution in [3.63, 3.8) is 0 Å². The number of para-hydroxylation sites is 1. The van der Waals surface area contributed by atoms with E-state index in [0.29, 0.717) is 10.7 Å². The van der Waals surface area contributed by atoms with Crippen LogP contribution < -0.4 is 0 Å². The van der Waals surface area contributed by atoms with E-state index in [-0.39, 0.29) is 10.6 Å². The Balaban J connectivity index is 1.37. The molecule has 5 nitrogen and oxygen atoms in total. The second-order valence-electron chi connectivity index (χ2n) is 8.64. The number of nitrogens with zero attached hydrogens (tertiary/aromatic N) is 2. The van der Waals surface area contributed by atoms with Gasteiger partial charge in [-0.3, -0.25) is 4.79 Å². The Morgan fingerprint density at radius 2 is 1.44 bits per heavy atom. The largest absolute Gasteiger partial charge is 0.454 e. The fourth-order valence-electron chi connectivity index (χ4n) is 4.03. The maximum atomic E-state index is 12.5. The number of rotatable bonds is 8. The second-order valence-corrected chi connectivity index (χ2v) is 9.49. The van der Waals surface area contributed by atoms with Crippen LogP contribution in [0, 0.1) is 0 Å². The van der Waals surface area contributed by atoms with E-state index in [0.717, 1.165) is 27.9 Å². The number of Topliss-reactive ketones (excluding diaryl/α,β-unsaturated/α-hetero) is 1. The molecule has 0 aliphatic heterocycles. The number of carbonyl (C=O) groups is 2. The number of benzene rings is 4. The summed E-state index contributed by atoms with van der Waals surface area (Å²) >= 11 is 12.0. The first-order valence-electron chi connectivity index (χ1n) is 12.1. The molecule has 0 unspecified atom stereocenters. The van der Waals surface area contributed by atoms with Crippen molar-refractivity contribution in [1.29, 1.82) is 0 Å². The molecule has 0 saturated heterocycles. The number of hydrogen-bond acceptors (Lipinski definition) is 4. The van der Waals surface area contributed by atoms with Crippen molar-refractivity contribution in [3.05, 3.63) is 137 Å². The van der Waals surface area contributed by atoms with Gasteiger partial charge < -0.3 is 4.74 Å². The Labute approximate surface area is 235 Å². The lowest BCUT2D eigenvalue weighted by Crippen LogP contribution is -2.13. The number of carbonyl (C=O) groups excluding carboxylic acids is 2. The molecule has 0 radical (unpaired) electrons. The van der Waals surface area contributed by atoms with Crippen LogP contribution in [-0.4, -0.2) is 28.1 Å². The summed E-state index contributed by atoms with van der Waals surface area (Å²) in [6.45, 7) is -0.443. The average Bonchev–Trinajstić information content (AvgIpc) is 3.40.